The fourth-order valence-corrected chi connectivity index (χ4v) is 2.27. The molecule has 104 valence electrons. The molecule has 1 aliphatic rings. The van der Waals surface area contributed by atoms with E-state index in [4.69, 9.17) is 4.74 Å². The van der Waals surface area contributed by atoms with Crippen molar-refractivity contribution in [3.8, 4) is 11.5 Å². The van der Waals surface area contributed by atoms with Gasteiger partial charge in [-0.05, 0) is 23.6 Å². The third-order valence-corrected chi connectivity index (χ3v) is 3.32. The summed E-state index contributed by atoms with van der Waals surface area (Å²) in [4.78, 5) is 0. The molecule has 3 aromatic carbocycles. The SMILES string of the molecule is C1=Cc2ccccc2OC1.Oc1cccc2ccccc12. The van der Waals surface area contributed by atoms with Gasteiger partial charge in [0.25, 0.3) is 0 Å². The van der Waals surface area contributed by atoms with Crippen molar-refractivity contribution in [1.29, 1.82) is 0 Å². The molecule has 0 saturated carbocycles. The summed E-state index contributed by atoms with van der Waals surface area (Å²) in [5.74, 6) is 1.34. The minimum absolute atomic E-state index is 0.350. The summed E-state index contributed by atoms with van der Waals surface area (Å²) in [6, 6.07) is 21.3. The Morgan fingerprint density at radius 3 is 2.43 bits per heavy atom. The summed E-state index contributed by atoms with van der Waals surface area (Å²) in [5, 5.41) is 11.4. The van der Waals surface area contributed by atoms with E-state index >= 15 is 0 Å². The fraction of sp³-hybridized carbons (Fsp3) is 0.0526. The van der Waals surface area contributed by atoms with Crippen LogP contribution in [-0.4, -0.2) is 11.7 Å². The molecule has 2 nitrogen and oxygen atoms in total. The van der Waals surface area contributed by atoms with Crippen molar-refractivity contribution in [1.82, 2.24) is 0 Å². The summed E-state index contributed by atoms with van der Waals surface area (Å²) >= 11 is 0. The molecule has 21 heavy (non-hydrogen) atoms. The molecular formula is C19H16O2. The lowest BCUT2D eigenvalue weighted by Gasteiger charge is -2.10. The van der Waals surface area contributed by atoms with Gasteiger partial charge in [-0.2, -0.15) is 0 Å². The van der Waals surface area contributed by atoms with E-state index in [-0.39, 0.29) is 0 Å². The zero-order valence-corrected chi connectivity index (χ0v) is 11.6. The molecule has 4 rings (SSSR count). The predicted octanol–water partition coefficient (Wildman–Crippen LogP) is 4.64. The van der Waals surface area contributed by atoms with Crippen molar-refractivity contribution >= 4 is 16.8 Å². The van der Waals surface area contributed by atoms with Gasteiger partial charge in [0, 0.05) is 10.9 Å². The van der Waals surface area contributed by atoms with E-state index in [1.807, 2.05) is 66.7 Å². The number of phenolic OH excluding ortho intramolecular Hbond substituents is 1. The third kappa shape index (κ3) is 3.06. The average Bonchev–Trinajstić information content (AvgIpc) is 2.56. The highest BCUT2D eigenvalue weighted by Crippen LogP contribution is 2.23. The van der Waals surface area contributed by atoms with Crippen LogP contribution in [0, 0.1) is 0 Å². The first-order valence-corrected chi connectivity index (χ1v) is 6.90. The van der Waals surface area contributed by atoms with Gasteiger partial charge in [0.05, 0.1) is 0 Å². The maximum atomic E-state index is 9.37. The van der Waals surface area contributed by atoms with Gasteiger partial charge in [-0.3, -0.25) is 0 Å². The van der Waals surface area contributed by atoms with Crippen LogP contribution in [0.4, 0.5) is 0 Å². The lowest BCUT2D eigenvalue weighted by Crippen LogP contribution is -1.98. The lowest BCUT2D eigenvalue weighted by atomic mass is 10.1. The first-order chi connectivity index (χ1) is 10.3. The van der Waals surface area contributed by atoms with Crippen molar-refractivity contribution in [3.63, 3.8) is 0 Å². The largest absolute Gasteiger partial charge is 0.507 e. The fourth-order valence-electron chi connectivity index (χ4n) is 2.27. The smallest absolute Gasteiger partial charge is 0.126 e. The molecule has 3 aromatic rings. The number of hydrogen-bond donors (Lipinski definition) is 1. The Morgan fingerprint density at radius 1 is 0.810 bits per heavy atom. The van der Waals surface area contributed by atoms with E-state index in [2.05, 4.69) is 6.08 Å². The number of fused-ring (bicyclic) bond motifs is 2. The zero-order chi connectivity index (χ0) is 14.5. The minimum Gasteiger partial charge on any atom is -0.507 e. The molecule has 0 unspecified atom stereocenters. The molecule has 0 fully saturated rings. The van der Waals surface area contributed by atoms with Crippen LogP contribution in [0.5, 0.6) is 11.5 Å². The van der Waals surface area contributed by atoms with E-state index in [0.29, 0.717) is 12.4 Å². The molecule has 0 atom stereocenters. The van der Waals surface area contributed by atoms with Crippen LogP contribution < -0.4 is 4.74 Å². The second kappa shape index (κ2) is 6.14. The predicted molar refractivity (Wildman–Crippen MR) is 86.6 cm³/mol. The lowest BCUT2D eigenvalue weighted by molar-refractivity contribution is 0.358. The van der Waals surface area contributed by atoms with Gasteiger partial charge in [0.1, 0.15) is 18.1 Å². The molecule has 0 saturated heterocycles. The summed E-state index contributed by atoms with van der Waals surface area (Å²) in [5.41, 5.74) is 1.17. The van der Waals surface area contributed by atoms with Gasteiger partial charge < -0.3 is 9.84 Å². The summed E-state index contributed by atoms with van der Waals surface area (Å²) in [6.45, 7) is 0.705. The van der Waals surface area contributed by atoms with Gasteiger partial charge in [-0.15, -0.1) is 0 Å². The van der Waals surface area contributed by atoms with Crippen LogP contribution >= 0.6 is 0 Å². The topological polar surface area (TPSA) is 29.5 Å². The molecule has 0 bridgehead atoms. The Morgan fingerprint density at radius 2 is 1.57 bits per heavy atom. The number of aromatic hydroxyl groups is 1. The van der Waals surface area contributed by atoms with Crippen LogP contribution in [0.15, 0.2) is 72.8 Å². The number of hydrogen-bond acceptors (Lipinski definition) is 2. The molecule has 0 spiro atoms. The standard InChI is InChI=1S/C10H8O.C9H8O/c11-10-7-3-5-8-4-1-2-6-9(8)10;1-2-6-9-8(4-1)5-3-7-10-9/h1-7,11H;1-6H,7H2. The number of ether oxygens (including phenoxy) is 1. The van der Waals surface area contributed by atoms with E-state index in [1.54, 1.807) is 6.07 Å². The summed E-state index contributed by atoms with van der Waals surface area (Å²) in [6.07, 6.45) is 4.10. The Bertz CT molecular complexity index is 770. The number of benzene rings is 3. The van der Waals surface area contributed by atoms with Crippen molar-refractivity contribution in [3.05, 3.63) is 78.4 Å². The van der Waals surface area contributed by atoms with Crippen LogP contribution in [0.3, 0.4) is 0 Å². The number of para-hydroxylation sites is 1. The molecule has 1 heterocycles. The van der Waals surface area contributed by atoms with Crippen LogP contribution in [0.2, 0.25) is 0 Å². The monoisotopic (exact) mass is 276 g/mol. The van der Waals surface area contributed by atoms with E-state index < -0.39 is 0 Å². The van der Waals surface area contributed by atoms with Crippen LogP contribution in [-0.2, 0) is 0 Å². The van der Waals surface area contributed by atoms with Crippen molar-refractivity contribution in [2.24, 2.45) is 0 Å². The summed E-state index contributed by atoms with van der Waals surface area (Å²) in [7, 11) is 0. The molecule has 0 amide bonds. The minimum atomic E-state index is 0.350. The van der Waals surface area contributed by atoms with Crippen molar-refractivity contribution in [2.45, 2.75) is 0 Å². The van der Waals surface area contributed by atoms with E-state index in [0.717, 1.165) is 16.5 Å². The second-order valence-electron chi connectivity index (χ2n) is 4.75. The van der Waals surface area contributed by atoms with Crippen molar-refractivity contribution < 1.29 is 9.84 Å². The quantitative estimate of drug-likeness (QED) is 0.648. The van der Waals surface area contributed by atoms with Crippen molar-refractivity contribution in [2.75, 3.05) is 6.61 Å². The van der Waals surface area contributed by atoms with Gasteiger partial charge in [-0.1, -0.05) is 60.7 Å². The van der Waals surface area contributed by atoms with E-state index in [9.17, 15) is 5.11 Å². The maximum Gasteiger partial charge on any atom is 0.126 e. The molecule has 0 aliphatic carbocycles. The highest BCUT2D eigenvalue weighted by molar-refractivity contribution is 5.87. The maximum absolute atomic E-state index is 9.37. The Balaban J connectivity index is 0.000000126. The molecule has 0 aromatic heterocycles. The molecular weight excluding hydrogens is 260 g/mol. The molecule has 1 aliphatic heterocycles. The van der Waals surface area contributed by atoms with Gasteiger partial charge >= 0.3 is 0 Å². The van der Waals surface area contributed by atoms with Crippen LogP contribution in [0.1, 0.15) is 5.56 Å². The highest BCUT2D eigenvalue weighted by Gasteiger charge is 2.01. The van der Waals surface area contributed by atoms with Gasteiger partial charge in [0.2, 0.25) is 0 Å². The number of rotatable bonds is 0. The second-order valence-corrected chi connectivity index (χ2v) is 4.75. The highest BCUT2D eigenvalue weighted by atomic mass is 16.5. The Hall–Kier alpha value is -2.74. The average molecular weight is 276 g/mol. The van der Waals surface area contributed by atoms with Gasteiger partial charge in [0.15, 0.2) is 0 Å². The molecule has 2 heteroatoms. The first kappa shape index (κ1) is 13.3. The third-order valence-electron chi connectivity index (χ3n) is 3.32. The zero-order valence-electron chi connectivity index (χ0n) is 11.6. The normalized spacial score (nSPS) is 12.0. The Kier molecular flexibility index (Phi) is 3.88. The summed E-state index contributed by atoms with van der Waals surface area (Å²) < 4.78 is 5.34. The van der Waals surface area contributed by atoms with Gasteiger partial charge in [-0.25, -0.2) is 0 Å². The first-order valence-electron chi connectivity index (χ1n) is 6.90. The molecule has 1 N–H and O–H groups in total. The molecule has 0 radical (unpaired) electrons. The van der Waals surface area contributed by atoms with E-state index in [1.165, 1.54) is 5.56 Å². The van der Waals surface area contributed by atoms with Crippen LogP contribution in [0.25, 0.3) is 16.8 Å². The Labute approximate surface area is 123 Å². The number of phenols is 1.